The van der Waals surface area contributed by atoms with Gasteiger partial charge in [0.15, 0.2) is 5.78 Å². The van der Waals surface area contributed by atoms with Gasteiger partial charge >= 0.3 is 11.9 Å². The van der Waals surface area contributed by atoms with Gasteiger partial charge in [-0.3, -0.25) is 14.4 Å². The number of Topliss-reactive ketones (excluding diaryl/α,β-unsaturated/α-hetero) is 1. The molecule has 0 aromatic heterocycles. The fourth-order valence-corrected chi connectivity index (χ4v) is 3.63. The molecule has 1 atom stereocenters. The molecule has 0 aliphatic heterocycles. The van der Waals surface area contributed by atoms with Gasteiger partial charge in [0.25, 0.3) is 0 Å². The van der Waals surface area contributed by atoms with Crippen LogP contribution in [0.2, 0.25) is 0 Å². The lowest BCUT2D eigenvalue weighted by atomic mass is 9.91. The molecule has 2 rings (SSSR count). The van der Waals surface area contributed by atoms with Gasteiger partial charge in [-0.05, 0) is 42.0 Å². The third kappa shape index (κ3) is 7.95. The van der Waals surface area contributed by atoms with Gasteiger partial charge in [0.2, 0.25) is 6.29 Å². The number of hydrogen-bond acceptors (Lipinski definition) is 5. The van der Waals surface area contributed by atoms with Crippen molar-refractivity contribution in [1.29, 1.82) is 0 Å². The number of aryl methyl sites for hydroxylation is 1. The molecule has 0 aliphatic carbocycles. The number of ketones is 1. The molecule has 5 nitrogen and oxygen atoms in total. The number of unbranched alkanes of at least 4 members (excludes halogenated alkanes) is 2. The normalized spacial score (nSPS) is 11.8. The van der Waals surface area contributed by atoms with Crippen molar-refractivity contribution in [3.8, 4) is 11.1 Å². The van der Waals surface area contributed by atoms with E-state index in [4.69, 9.17) is 9.47 Å². The fourth-order valence-electron chi connectivity index (χ4n) is 3.63. The first kappa shape index (κ1) is 25.3. The van der Waals surface area contributed by atoms with E-state index in [2.05, 4.69) is 6.92 Å². The molecular formula is C27H34O5. The predicted molar refractivity (Wildman–Crippen MR) is 125 cm³/mol. The fraction of sp³-hybridized carbons (Fsp3) is 0.444. The van der Waals surface area contributed by atoms with Crippen molar-refractivity contribution in [1.82, 2.24) is 0 Å². The van der Waals surface area contributed by atoms with Crippen LogP contribution in [0.25, 0.3) is 11.1 Å². The lowest BCUT2D eigenvalue weighted by molar-refractivity contribution is -0.194. The lowest BCUT2D eigenvalue weighted by Crippen LogP contribution is -2.29. The first-order chi connectivity index (χ1) is 15.3. The summed E-state index contributed by atoms with van der Waals surface area (Å²) in [6.45, 7) is 6.59. The average Bonchev–Trinajstić information content (AvgIpc) is 2.77. The topological polar surface area (TPSA) is 69.7 Å². The van der Waals surface area contributed by atoms with Gasteiger partial charge < -0.3 is 9.47 Å². The Morgan fingerprint density at radius 1 is 0.906 bits per heavy atom. The molecule has 2 aromatic rings. The molecule has 32 heavy (non-hydrogen) atoms. The number of hydrogen-bond donors (Lipinski definition) is 0. The van der Waals surface area contributed by atoms with Gasteiger partial charge in [0.1, 0.15) is 0 Å². The van der Waals surface area contributed by atoms with Crippen LogP contribution >= 0.6 is 0 Å². The van der Waals surface area contributed by atoms with Crippen molar-refractivity contribution in [2.75, 3.05) is 0 Å². The second kappa shape index (κ2) is 12.8. The second-order valence-electron chi connectivity index (χ2n) is 8.23. The third-order valence-corrected chi connectivity index (χ3v) is 5.39. The summed E-state index contributed by atoms with van der Waals surface area (Å²) in [4.78, 5) is 35.8. The summed E-state index contributed by atoms with van der Waals surface area (Å²) in [7, 11) is 0. The van der Waals surface area contributed by atoms with E-state index in [0.717, 1.165) is 41.5 Å². The van der Waals surface area contributed by atoms with Crippen LogP contribution in [0, 0.1) is 5.92 Å². The minimum atomic E-state index is -0.913. The Morgan fingerprint density at radius 3 is 2.16 bits per heavy atom. The number of esters is 2. The van der Waals surface area contributed by atoms with E-state index in [1.807, 2.05) is 55.5 Å². The highest BCUT2D eigenvalue weighted by atomic mass is 16.7. The van der Waals surface area contributed by atoms with Gasteiger partial charge in [-0.15, -0.1) is 0 Å². The smallest absolute Gasteiger partial charge is 0.305 e. The number of carbonyl (C=O) groups excluding carboxylic acids is 3. The number of rotatable bonds is 12. The highest BCUT2D eigenvalue weighted by Gasteiger charge is 2.23. The van der Waals surface area contributed by atoms with E-state index < -0.39 is 18.2 Å². The van der Waals surface area contributed by atoms with E-state index in [0.29, 0.717) is 19.3 Å². The molecule has 0 fully saturated rings. The zero-order chi connectivity index (χ0) is 23.5. The highest BCUT2D eigenvalue weighted by Crippen LogP contribution is 2.28. The first-order valence-electron chi connectivity index (χ1n) is 11.4. The zero-order valence-corrected chi connectivity index (χ0v) is 19.6. The molecule has 0 radical (unpaired) electrons. The quantitative estimate of drug-likeness (QED) is 0.172. The Kier molecular flexibility index (Phi) is 10.1. The van der Waals surface area contributed by atoms with Gasteiger partial charge in [-0.1, -0.05) is 69.2 Å². The van der Waals surface area contributed by atoms with Crippen LogP contribution in [0.5, 0.6) is 0 Å². The van der Waals surface area contributed by atoms with E-state index in [-0.39, 0.29) is 11.7 Å². The summed E-state index contributed by atoms with van der Waals surface area (Å²) < 4.78 is 10.3. The van der Waals surface area contributed by atoms with Crippen LogP contribution in [0.15, 0.2) is 48.5 Å². The SMILES string of the molecule is CCCCCC(=O)c1cc(CCC(C)C(OC(C)=O)OC(C)=O)ccc1-c1ccccc1. The Morgan fingerprint density at radius 2 is 1.56 bits per heavy atom. The van der Waals surface area contributed by atoms with Gasteiger partial charge in [0, 0.05) is 31.7 Å². The molecule has 0 amide bonds. The predicted octanol–water partition coefficient (Wildman–Crippen LogP) is 6.14. The molecule has 0 aliphatic rings. The van der Waals surface area contributed by atoms with Crippen molar-refractivity contribution in [2.45, 2.75) is 72.5 Å². The summed E-state index contributed by atoms with van der Waals surface area (Å²) in [6, 6.07) is 16.0. The van der Waals surface area contributed by atoms with Gasteiger partial charge in [-0.2, -0.15) is 0 Å². The van der Waals surface area contributed by atoms with Crippen LogP contribution in [-0.2, 0) is 25.5 Å². The molecule has 0 N–H and O–H groups in total. The van der Waals surface area contributed by atoms with Crippen LogP contribution in [0.4, 0.5) is 0 Å². The van der Waals surface area contributed by atoms with Crippen molar-refractivity contribution < 1.29 is 23.9 Å². The van der Waals surface area contributed by atoms with E-state index in [9.17, 15) is 14.4 Å². The lowest BCUT2D eigenvalue weighted by Gasteiger charge is -2.23. The van der Waals surface area contributed by atoms with Crippen LogP contribution in [-0.4, -0.2) is 24.0 Å². The summed E-state index contributed by atoms with van der Waals surface area (Å²) in [5.74, 6) is -1.00. The maximum absolute atomic E-state index is 13.0. The van der Waals surface area contributed by atoms with E-state index >= 15 is 0 Å². The maximum Gasteiger partial charge on any atom is 0.305 e. The zero-order valence-electron chi connectivity index (χ0n) is 19.6. The minimum Gasteiger partial charge on any atom is -0.425 e. The second-order valence-corrected chi connectivity index (χ2v) is 8.23. The molecule has 0 saturated heterocycles. The maximum atomic E-state index is 13.0. The molecule has 5 heteroatoms. The van der Waals surface area contributed by atoms with Crippen molar-refractivity contribution >= 4 is 17.7 Å². The minimum absolute atomic E-state index is 0.157. The van der Waals surface area contributed by atoms with Crippen LogP contribution in [0.3, 0.4) is 0 Å². The van der Waals surface area contributed by atoms with E-state index in [1.54, 1.807) is 0 Å². The monoisotopic (exact) mass is 438 g/mol. The van der Waals surface area contributed by atoms with Crippen molar-refractivity contribution in [3.05, 3.63) is 59.7 Å². The summed E-state index contributed by atoms with van der Waals surface area (Å²) in [6.07, 6.45) is 3.93. The Balaban J connectivity index is 2.21. The summed E-state index contributed by atoms with van der Waals surface area (Å²) in [5, 5.41) is 0. The Hall–Kier alpha value is -2.95. The highest BCUT2D eigenvalue weighted by molar-refractivity contribution is 6.02. The Labute approximate surface area is 191 Å². The number of carbonyl (C=O) groups is 3. The molecule has 172 valence electrons. The van der Waals surface area contributed by atoms with Gasteiger partial charge in [0.05, 0.1) is 0 Å². The summed E-state index contributed by atoms with van der Waals surface area (Å²) >= 11 is 0. The van der Waals surface area contributed by atoms with Crippen LogP contribution < -0.4 is 0 Å². The van der Waals surface area contributed by atoms with Crippen LogP contribution in [0.1, 0.15) is 75.7 Å². The largest absolute Gasteiger partial charge is 0.425 e. The molecule has 0 bridgehead atoms. The van der Waals surface area contributed by atoms with Crippen molar-refractivity contribution in [2.24, 2.45) is 5.92 Å². The molecule has 0 saturated carbocycles. The van der Waals surface area contributed by atoms with Gasteiger partial charge in [-0.25, -0.2) is 0 Å². The molecule has 2 aromatic carbocycles. The average molecular weight is 439 g/mol. The molecule has 0 heterocycles. The van der Waals surface area contributed by atoms with Crippen molar-refractivity contribution in [3.63, 3.8) is 0 Å². The molecule has 1 unspecified atom stereocenters. The first-order valence-corrected chi connectivity index (χ1v) is 11.4. The number of benzene rings is 2. The van der Waals surface area contributed by atoms with E-state index in [1.165, 1.54) is 13.8 Å². The Bertz CT molecular complexity index is 888. The molecular weight excluding hydrogens is 404 g/mol. The third-order valence-electron chi connectivity index (χ3n) is 5.39. The molecule has 0 spiro atoms. The number of ether oxygens (including phenoxy) is 2. The summed E-state index contributed by atoms with van der Waals surface area (Å²) in [5.41, 5.74) is 3.74. The standard InChI is InChI=1S/C27H34O5/c1-5-6-8-13-26(30)25-18-22(16-17-24(25)23-11-9-7-10-12-23)15-14-19(2)27(31-20(3)28)32-21(4)29/h7,9-12,16-19,27H,5-6,8,13-15H2,1-4H3.